The van der Waals surface area contributed by atoms with Crippen LogP contribution < -0.4 is 4.90 Å². The molecular weight excluding hydrogens is 506 g/mol. The molecule has 0 unspecified atom stereocenters. The third-order valence-electron chi connectivity index (χ3n) is 8.75. The van der Waals surface area contributed by atoms with E-state index in [0.29, 0.717) is 22.5 Å². The molecule has 6 aromatic rings. The fourth-order valence-corrected chi connectivity index (χ4v) is 7.02. The molecule has 0 saturated heterocycles. The van der Waals surface area contributed by atoms with Crippen molar-refractivity contribution in [2.24, 2.45) is 0 Å². The first-order valence-corrected chi connectivity index (χ1v) is 13.6. The van der Waals surface area contributed by atoms with Crippen LogP contribution in [0.15, 0.2) is 103 Å². The van der Waals surface area contributed by atoms with Gasteiger partial charge in [-0.15, -0.1) is 0 Å². The van der Waals surface area contributed by atoms with Gasteiger partial charge in [-0.2, -0.15) is 5.26 Å². The summed E-state index contributed by atoms with van der Waals surface area (Å²) in [5.41, 5.74) is 8.52. The van der Waals surface area contributed by atoms with Crippen LogP contribution in [0.5, 0.6) is 0 Å². The minimum Gasteiger partial charge on any atom is -0.307 e. The number of nitrogens with zero attached hydrogens (tertiary/aromatic N) is 3. The molecule has 2 amide bonds. The molecule has 0 bridgehead atoms. The molecule has 2 aliphatic rings. The van der Waals surface area contributed by atoms with Crippen LogP contribution in [0.4, 0.5) is 5.69 Å². The predicted molar refractivity (Wildman–Crippen MR) is 161 cm³/mol. The molecule has 0 N–H and O–H groups in total. The number of nitriles is 1. The summed E-state index contributed by atoms with van der Waals surface area (Å²) in [4.78, 5) is 28.5. The lowest BCUT2D eigenvalue weighted by Gasteiger charge is -2.23. The highest BCUT2D eigenvalue weighted by Gasteiger charge is 2.41. The van der Waals surface area contributed by atoms with E-state index >= 15 is 0 Å². The Hall–Kier alpha value is -5.47. The lowest BCUT2D eigenvalue weighted by Crippen LogP contribution is -2.31. The molecule has 0 saturated carbocycles. The lowest BCUT2D eigenvalue weighted by molar-refractivity contribution is 0.0926. The Morgan fingerprint density at radius 1 is 0.659 bits per heavy atom. The van der Waals surface area contributed by atoms with Gasteiger partial charge in [0, 0.05) is 16.2 Å². The van der Waals surface area contributed by atoms with Crippen LogP contribution in [0.1, 0.15) is 51.3 Å². The highest BCUT2D eigenvalue weighted by atomic mass is 16.2. The fraction of sp³-hybridized carbons (Fsp3) is 0.0833. The molecule has 8 rings (SSSR count). The second-order valence-corrected chi connectivity index (χ2v) is 11.2. The lowest BCUT2D eigenvalue weighted by atomic mass is 9.80. The summed E-state index contributed by atoms with van der Waals surface area (Å²) in [6.07, 6.45) is 0. The van der Waals surface area contributed by atoms with E-state index in [1.54, 1.807) is 30.3 Å². The van der Waals surface area contributed by atoms with E-state index in [9.17, 15) is 14.9 Å². The molecule has 194 valence electrons. The number of amides is 2. The van der Waals surface area contributed by atoms with E-state index in [1.807, 2.05) is 24.3 Å². The zero-order valence-electron chi connectivity index (χ0n) is 22.5. The number of carbonyl (C=O) groups is 2. The number of para-hydroxylation sites is 2. The van der Waals surface area contributed by atoms with Gasteiger partial charge < -0.3 is 4.57 Å². The van der Waals surface area contributed by atoms with E-state index in [-0.39, 0.29) is 11.0 Å². The van der Waals surface area contributed by atoms with Crippen LogP contribution in [0.3, 0.4) is 0 Å². The third kappa shape index (κ3) is 2.89. The predicted octanol–water partition coefficient (Wildman–Crippen LogP) is 7.76. The van der Waals surface area contributed by atoms with Crippen LogP contribution in [0.25, 0.3) is 38.6 Å². The van der Waals surface area contributed by atoms with E-state index in [2.05, 4.69) is 73.0 Å². The topological polar surface area (TPSA) is 66.1 Å². The van der Waals surface area contributed by atoms with E-state index < -0.39 is 11.8 Å². The molecule has 1 aliphatic heterocycles. The molecule has 2 heterocycles. The number of hydrogen-bond acceptors (Lipinski definition) is 3. The quantitative estimate of drug-likeness (QED) is 0.215. The summed E-state index contributed by atoms with van der Waals surface area (Å²) in [7, 11) is 0. The van der Waals surface area contributed by atoms with Crippen molar-refractivity contribution in [3.05, 3.63) is 131 Å². The SMILES string of the molecule is CC1(C)c2ccccc2-c2ccc3c(c21)c1ccccc1n3-c1cccc(C#N)c1N1C(=O)c2ccccc2C1=O. The van der Waals surface area contributed by atoms with Crippen molar-refractivity contribution in [1.29, 1.82) is 5.26 Å². The number of anilines is 1. The molecule has 0 atom stereocenters. The summed E-state index contributed by atoms with van der Waals surface area (Å²) in [6.45, 7) is 4.54. The molecular formula is C36H23N3O2. The normalized spacial score (nSPS) is 14.8. The van der Waals surface area contributed by atoms with Gasteiger partial charge in [-0.25, -0.2) is 4.90 Å². The summed E-state index contributed by atoms with van der Waals surface area (Å²) < 4.78 is 2.10. The molecule has 0 spiro atoms. The molecule has 0 fully saturated rings. The molecule has 5 aromatic carbocycles. The second kappa shape index (κ2) is 8.03. The highest BCUT2D eigenvalue weighted by molar-refractivity contribution is 6.35. The highest BCUT2D eigenvalue weighted by Crippen LogP contribution is 2.53. The Kier molecular flexibility index (Phi) is 4.59. The zero-order chi connectivity index (χ0) is 28.0. The van der Waals surface area contributed by atoms with Gasteiger partial charge in [0.25, 0.3) is 11.8 Å². The standard InChI is InChI=1S/C36H23N3O2/c1-36(2)27-15-7-5-11-22(27)23-18-19-29-31(32(23)36)26-14-6-8-16-28(26)38(29)30-17-9-10-21(20-37)33(30)39-34(40)24-12-3-4-13-25(24)35(39)41/h3-19H,1-2H3. The first kappa shape index (κ1) is 23.4. The summed E-state index contributed by atoms with van der Waals surface area (Å²) >= 11 is 0. The Labute approximate surface area is 236 Å². The van der Waals surface area contributed by atoms with Gasteiger partial charge in [-0.3, -0.25) is 9.59 Å². The number of benzene rings is 5. The monoisotopic (exact) mass is 529 g/mol. The van der Waals surface area contributed by atoms with Crippen LogP contribution in [0.2, 0.25) is 0 Å². The summed E-state index contributed by atoms with van der Waals surface area (Å²) in [5.74, 6) is -0.847. The van der Waals surface area contributed by atoms with Crippen molar-refractivity contribution in [3.63, 3.8) is 0 Å². The van der Waals surface area contributed by atoms with Crippen molar-refractivity contribution in [2.75, 3.05) is 4.90 Å². The number of imide groups is 1. The number of carbonyl (C=O) groups excluding carboxylic acids is 2. The minimum atomic E-state index is -0.423. The van der Waals surface area contributed by atoms with Gasteiger partial charge in [-0.05, 0) is 58.7 Å². The number of rotatable bonds is 2. The van der Waals surface area contributed by atoms with Crippen molar-refractivity contribution in [2.45, 2.75) is 19.3 Å². The number of hydrogen-bond donors (Lipinski definition) is 0. The minimum absolute atomic E-state index is 0.236. The van der Waals surface area contributed by atoms with Gasteiger partial charge in [-0.1, -0.05) is 80.6 Å². The Balaban J connectivity index is 1.48. The molecule has 1 aromatic heterocycles. The van der Waals surface area contributed by atoms with Crippen LogP contribution in [0, 0.1) is 11.3 Å². The second-order valence-electron chi connectivity index (χ2n) is 11.2. The molecule has 41 heavy (non-hydrogen) atoms. The van der Waals surface area contributed by atoms with Gasteiger partial charge in [0.1, 0.15) is 6.07 Å². The Morgan fingerprint density at radius 3 is 2.05 bits per heavy atom. The summed E-state index contributed by atoms with van der Waals surface area (Å²) in [5, 5.41) is 12.4. The van der Waals surface area contributed by atoms with Crippen LogP contribution in [-0.4, -0.2) is 16.4 Å². The fourth-order valence-electron chi connectivity index (χ4n) is 7.02. The van der Waals surface area contributed by atoms with Crippen LogP contribution in [-0.2, 0) is 5.41 Å². The Bertz CT molecular complexity index is 2160. The van der Waals surface area contributed by atoms with Crippen molar-refractivity contribution in [1.82, 2.24) is 4.57 Å². The van der Waals surface area contributed by atoms with Crippen molar-refractivity contribution < 1.29 is 9.59 Å². The van der Waals surface area contributed by atoms with E-state index in [0.717, 1.165) is 21.8 Å². The van der Waals surface area contributed by atoms with E-state index in [1.165, 1.54) is 27.2 Å². The average Bonchev–Trinajstić information content (AvgIpc) is 3.55. The van der Waals surface area contributed by atoms with E-state index in [4.69, 9.17) is 0 Å². The summed E-state index contributed by atoms with van der Waals surface area (Å²) in [6, 6.07) is 35.5. The van der Waals surface area contributed by atoms with Crippen molar-refractivity contribution >= 4 is 39.3 Å². The van der Waals surface area contributed by atoms with Gasteiger partial charge >= 0.3 is 0 Å². The smallest absolute Gasteiger partial charge is 0.266 e. The maximum absolute atomic E-state index is 13.7. The third-order valence-corrected chi connectivity index (χ3v) is 8.75. The maximum Gasteiger partial charge on any atom is 0.266 e. The number of fused-ring (bicyclic) bond motifs is 8. The van der Waals surface area contributed by atoms with Gasteiger partial charge in [0.05, 0.1) is 39.1 Å². The largest absolute Gasteiger partial charge is 0.307 e. The maximum atomic E-state index is 13.7. The van der Waals surface area contributed by atoms with Crippen LogP contribution >= 0.6 is 0 Å². The van der Waals surface area contributed by atoms with Gasteiger partial charge in [0.15, 0.2) is 0 Å². The number of aromatic nitrogens is 1. The first-order valence-electron chi connectivity index (χ1n) is 13.6. The molecule has 1 aliphatic carbocycles. The van der Waals surface area contributed by atoms with Crippen molar-refractivity contribution in [3.8, 4) is 22.9 Å². The molecule has 5 heteroatoms. The molecule has 5 nitrogen and oxygen atoms in total. The van der Waals surface area contributed by atoms with Gasteiger partial charge in [0.2, 0.25) is 0 Å². The molecule has 0 radical (unpaired) electrons. The first-order chi connectivity index (χ1) is 19.9. The zero-order valence-corrected chi connectivity index (χ0v) is 22.5. The average molecular weight is 530 g/mol. The Morgan fingerprint density at radius 2 is 1.32 bits per heavy atom.